The van der Waals surface area contributed by atoms with Crippen LogP contribution < -0.4 is 5.32 Å². The lowest BCUT2D eigenvalue weighted by Crippen LogP contribution is -2.38. The quantitative estimate of drug-likeness (QED) is 0.845. The van der Waals surface area contributed by atoms with Gasteiger partial charge in [-0.25, -0.2) is 0 Å². The van der Waals surface area contributed by atoms with Gasteiger partial charge in [-0.1, -0.05) is 6.07 Å². The Morgan fingerprint density at radius 2 is 2.31 bits per heavy atom. The molecule has 0 bridgehead atoms. The lowest BCUT2D eigenvalue weighted by molar-refractivity contribution is 0.0818. The number of nitrogens with one attached hydrogen (secondary N) is 1. The van der Waals surface area contributed by atoms with E-state index in [4.69, 9.17) is 4.74 Å². The third-order valence-electron chi connectivity index (χ3n) is 3.35. The number of aromatic nitrogens is 1. The number of hydrogen-bond donors (Lipinski definition) is 1. The maximum Gasteiger partial charge on any atom is 0.0724 e. The summed E-state index contributed by atoms with van der Waals surface area (Å²) in [5.74, 6) is 0. The van der Waals surface area contributed by atoms with E-state index < -0.39 is 0 Å². The lowest BCUT2D eigenvalue weighted by Gasteiger charge is -2.23. The predicted octanol–water partition coefficient (Wildman–Crippen LogP) is 2.30. The van der Waals surface area contributed by atoms with Gasteiger partial charge in [0.25, 0.3) is 0 Å². The zero-order valence-electron chi connectivity index (χ0n) is 10.0. The molecule has 1 aliphatic carbocycles. The second-order valence-corrected chi connectivity index (χ2v) is 4.45. The van der Waals surface area contributed by atoms with Crippen LogP contribution in [0.15, 0.2) is 24.4 Å². The Hall–Kier alpha value is -0.930. The second kappa shape index (κ2) is 5.41. The largest absolute Gasteiger partial charge is 0.380 e. The smallest absolute Gasteiger partial charge is 0.0724 e. The number of ether oxygens (including phenoxy) is 1. The summed E-state index contributed by atoms with van der Waals surface area (Å²) in [7, 11) is 1.80. The minimum absolute atomic E-state index is 0.293. The van der Waals surface area contributed by atoms with Gasteiger partial charge in [0.2, 0.25) is 0 Å². The molecule has 16 heavy (non-hydrogen) atoms. The van der Waals surface area contributed by atoms with E-state index >= 15 is 0 Å². The topological polar surface area (TPSA) is 34.1 Å². The van der Waals surface area contributed by atoms with Gasteiger partial charge in [-0.05, 0) is 38.3 Å². The van der Waals surface area contributed by atoms with Crippen LogP contribution >= 0.6 is 0 Å². The van der Waals surface area contributed by atoms with Gasteiger partial charge in [0.05, 0.1) is 11.8 Å². The zero-order valence-corrected chi connectivity index (χ0v) is 10.0. The Morgan fingerprint density at radius 1 is 1.44 bits per heavy atom. The van der Waals surface area contributed by atoms with Gasteiger partial charge < -0.3 is 10.1 Å². The summed E-state index contributed by atoms with van der Waals surface area (Å²) < 4.78 is 5.48. The molecule has 0 spiro atoms. The van der Waals surface area contributed by atoms with E-state index in [9.17, 15) is 0 Å². The van der Waals surface area contributed by atoms with Gasteiger partial charge in [-0.2, -0.15) is 0 Å². The molecule has 3 atom stereocenters. The molecule has 3 heteroatoms. The molecule has 3 nitrogen and oxygen atoms in total. The fourth-order valence-corrected chi connectivity index (χ4v) is 2.44. The van der Waals surface area contributed by atoms with Crippen molar-refractivity contribution in [3.05, 3.63) is 30.1 Å². The first-order valence-corrected chi connectivity index (χ1v) is 6.01. The molecule has 0 amide bonds. The molecule has 1 aromatic heterocycles. The molecule has 3 unspecified atom stereocenters. The molecule has 0 aromatic carbocycles. The molecular formula is C13H20N2O. The Balaban J connectivity index is 1.94. The van der Waals surface area contributed by atoms with Gasteiger partial charge >= 0.3 is 0 Å². The molecular weight excluding hydrogens is 200 g/mol. The highest BCUT2D eigenvalue weighted by Crippen LogP contribution is 2.24. The monoisotopic (exact) mass is 220 g/mol. The highest BCUT2D eigenvalue weighted by Gasteiger charge is 2.28. The molecule has 1 aromatic rings. The Morgan fingerprint density at radius 3 is 3.00 bits per heavy atom. The molecule has 1 saturated carbocycles. The standard InChI is InChI=1S/C13H20N2O/c1-10(11-6-3-4-9-14-11)15-12-7-5-8-13(12)16-2/h3-4,6,9-10,12-13,15H,5,7-8H2,1-2H3. The predicted molar refractivity (Wildman–Crippen MR) is 64.2 cm³/mol. The third-order valence-corrected chi connectivity index (χ3v) is 3.35. The van der Waals surface area contributed by atoms with Crippen LogP contribution in [-0.4, -0.2) is 24.2 Å². The minimum Gasteiger partial charge on any atom is -0.380 e. The van der Waals surface area contributed by atoms with Crippen LogP contribution in [0.25, 0.3) is 0 Å². The molecule has 1 fully saturated rings. The number of pyridine rings is 1. The van der Waals surface area contributed by atoms with E-state index in [0.717, 1.165) is 5.69 Å². The van der Waals surface area contributed by atoms with E-state index in [2.05, 4.69) is 23.3 Å². The normalized spacial score (nSPS) is 26.9. The maximum atomic E-state index is 5.48. The molecule has 2 rings (SSSR count). The minimum atomic E-state index is 0.293. The number of hydrogen-bond acceptors (Lipinski definition) is 3. The number of rotatable bonds is 4. The SMILES string of the molecule is COC1CCCC1NC(C)c1ccccn1. The van der Waals surface area contributed by atoms with E-state index in [0.29, 0.717) is 18.2 Å². The van der Waals surface area contributed by atoms with Crippen molar-refractivity contribution >= 4 is 0 Å². The van der Waals surface area contributed by atoms with Crippen LogP contribution in [0.2, 0.25) is 0 Å². The summed E-state index contributed by atoms with van der Waals surface area (Å²) in [5.41, 5.74) is 1.10. The average Bonchev–Trinajstić information content (AvgIpc) is 2.77. The molecule has 1 heterocycles. The van der Waals surface area contributed by atoms with Gasteiger partial charge in [0.1, 0.15) is 0 Å². The highest BCUT2D eigenvalue weighted by atomic mass is 16.5. The summed E-state index contributed by atoms with van der Waals surface area (Å²) in [4.78, 5) is 4.37. The molecule has 1 N–H and O–H groups in total. The van der Waals surface area contributed by atoms with Crippen LogP contribution in [0.3, 0.4) is 0 Å². The van der Waals surface area contributed by atoms with Crippen LogP contribution in [0.4, 0.5) is 0 Å². The van der Waals surface area contributed by atoms with Crippen LogP contribution in [-0.2, 0) is 4.74 Å². The number of nitrogens with zero attached hydrogens (tertiary/aromatic N) is 1. The van der Waals surface area contributed by atoms with Crippen molar-refractivity contribution in [3.63, 3.8) is 0 Å². The van der Waals surface area contributed by atoms with E-state index in [-0.39, 0.29) is 0 Å². The van der Waals surface area contributed by atoms with Crippen molar-refractivity contribution in [3.8, 4) is 0 Å². The molecule has 0 aliphatic heterocycles. The maximum absolute atomic E-state index is 5.48. The van der Waals surface area contributed by atoms with Gasteiger partial charge in [-0.15, -0.1) is 0 Å². The van der Waals surface area contributed by atoms with Crippen LogP contribution in [0.5, 0.6) is 0 Å². The number of methoxy groups -OCH3 is 1. The zero-order chi connectivity index (χ0) is 11.4. The van der Waals surface area contributed by atoms with Crippen molar-refractivity contribution < 1.29 is 4.74 Å². The van der Waals surface area contributed by atoms with Crippen molar-refractivity contribution in [2.45, 2.75) is 44.4 Å². The molecule has 0 saturated heterocycles. The second-order valence-electron chi connectivity index (χ2n) is 4.45. The first kappa shape index (κ1) is 11.6. The fourth-order valence-electron chi connectivity index (χ4n) is 2.44. The third kappa shape index (κ3) is 2.60. The van der Waals surface area contributed by atoms with Crippen molar-refractivity contribution in [2.75, 3.05) is 7.11 Å². The van der Waals surface area contributed by atoms with Crippen LogP contribution in [0, 0.1) is 0 Å². The summed E-state index contributed by atoms with van der Waals surface area (Å²) in [5, 5.41) is 3.61. The summed E-state index contributed by atoms with van der Waals surface area (Å²) in [6.07, 6.45) is 5.84. The Labute approximate surface area is 97.2 Å². The Bertz CT molecular complexity index is 315. The lowest BCUT2D eigenvalue weighted by atomic mass is 10.1. The van der Waals surface area contributed by atoms with Gasteiger partial charge in [0.15, 0.2) is 0 Å². The Kier molecular flexibility index (Phi) is 3.91. The van der Waals surface area contributed by atoms with E-state index in [1.54, 1.807) is 7.11 Å². The molecule has 0 radical (unpaired) electrons. The van der Waals surface area contributed by atoms with Crippen molar-refractivity contribution in [2.24, 2.45) is 0 Å². The molecule has 88 valence electrons. The average molecular weight is 220 g/mol. The van der Waals surface area contributed by atoms with E-state index in [1.807, 2.05) is 18.3 Å². The molecule has 1 aliphatic rings. The van der Waals surface area contributed by atoms with Gasteiger partial charge in [0, 0.05) is 25.4 Å². The van der Waals surface area contributed by atoms with Crippen molar-refractivity contribution in [1.82, 2.24) is 10.3 Å². The fraction of sp³-hybridized carbons (Fsp3) is 0.615. The van der Waals surface area contributed by atoms with Crippen LogP contribution in [0.1, 0.15) is 37.9 Å². The van der Waals surface area contributed by atoms with Gasteiger partial charge in [-0.3, -0.25) is 4.98 Å². The summed E-state index contributed by atoms with van der Waals surface area (Å²) in [6.45, 7) is 2.16. The first-order valence-electron chi connectivity index (χ1n) is 6.01. The first-order chi connectivity index (χ1) is 7.81. The highest BCUT2D eigenvalue weighted by molar-refractivity contribution is 5.08. The summed E-state index contributed by atoms with van der Waals surface area (Å²) in [6, 6.07) is 6.81. The van der Waals surface area contributed by atoms with Crippen molar-refractivity contribution in [1.29, 1.82) is 0 Å². The summed E-state index contributed by atoms with van der Waals surface area (Å²) >= 11 is 0. The van der Waals surface area contributed by atoms with E-state index in [1.165, 1.54) is 19.3 Å².